The fourth-order valence-electron chi connectivity index (χ4n) is 3.32. The van der Waals surface area contributed by atoms with Crippen molar-refractivity contribution in [2.24, 2.45) is 0 Å². The summed E-state index contributed by atoms with van der Waals surface area (Å²) in [5.74, 6) is 0.0199. The van der Waals surface area contributed by atoms with E-state index < -0.39 is 0 Å². The minimum Gasteiger partial charge on any atom is -0.307 e. The third-order valence-corrected chi connectivity index (χ3v) is 6.06. The van der Waals surface area contributed by atoms with Gasteiger partial charge in [-0.05, 0) is 37.0 Å². The Balaban J connectivity index is 1.83. The van der Waals surface area contributed by atoms with Crippen LogP contribution in [0.5, 0.6) is 0 Å². The molecule has 0 spiro atoms. The third kappa shape index (κ3) is 2.35. The Labute approximate surface area is 144 Å². The molecule has 0 fully saturated rings. The van der Waals surface area contributed by atoms with E-state index in [2.05, 4.69) is 25.1 Å². The van der Waals surface area contributed by atoms with Crippen LogP contribution >= 0.6 is 22.9 Å². The normalized spacial score (nSPS) is 14.1. The largest absolute Gasteiger partial charge is 0.307 e. The second-order valence-electron chi connectivity index (χ2n) is 5.88. The molecule has 0 aliphatic carbocycles. The van der Waals surface area contributed by atoms with Crippen molar-refractivity contribution >= 4 is 44.6 Å². The summed E-state index contributed by atoms with van der Waals surface area (Å²) in [6, 6.07) is 14.2. The van der Waals surface area contributed by atoms with Crippen molar-refractivity contribution in [3.63, 3.8) is 0 Å². The number of amides is 1. The number of aryl methyl sites for hydroxylation is 2. The number of rotatable bonds is 1. The zero-order valence-corrected chi connectivity index (χ0v) is 14.4. The topological polar surface area (TPSA) is 20.3 Å². The number of thiophene rings is 1. The lowest BCUT2D eigenvalue weighted by molar-refractivity contribution is 0.0989. The second-order valence-corrected chi connectivity index (χ2v) is 7.31. The summed E-state index contributed by atoms with van der Waals surface area (Å²) in [4.78, 5) is 15.7. The van der Waals surface area contributed by atoms with Crippen LogP contribution in [-0.4, -0.2) is 12.5 Å². The van der Waals surface area contributed by atoms with E-state index in [4.69, 9.17) is 11.6 Å². The molecule has 2 nitrogen and oxygen atoms in total. The SMILES string of the molecule is Cc1cccc2c1N(C(=O)c1sc3ccccc3c1Cl)CCC2. The smallest absolute Gasteiger partial charge is 0.269 e. The van der Waals surface area contributed by atoms with Crippen LogP contribution in [0.15, 0.2) is 42.5 Å². The van der Waals surface area contributed by atoms with E-state index in [9.17, 15) is 4.79 Å². The Morgan fingerprint density at radius 1 is 1.17 bits per heavy atom. The van der Waals surface area contributed by atoms with Crippen molar-refractivity contribution < 1.29 is 4.79 Å². The lowest BCUT2D eigenvalue weighted by atomic mass is 9.98. The van der Waals surface area contributed by atoms with Crippen LogP contribution in [0.2, 0.25) is 5.02 Å². The first-order valence-corrected chi connectivity index (χ1v) is 8.93. The number of anilines is 1. The third-order valence-electron chi connectivity index (χ3n) is 4.39. The molecule has 2 aromatic carbocycles. The predicted molar refractivity (Wildman–Crippen MR) is 98.0 cm³/mol. The second kappa shape index (κ2) is 5.66. The Morgan fingerprint density at radius 3 is 2.83 bits per heavy atom. The number of nitrogens with zero attached hydrogens (tertiary/aromatic N) is 1. The maximum absolute atomic E-state index is 13.2. The lowest BCUT2D eigenvalue weighted by Gasteiger charge is -2.30. The number of para-hydroxylation sites is 1. The monoisotopic (exact) mass is 341 g/mol. The van der Waals surface area contributed by atoms with Crippen molar-refractivity contribution in [1.29, 1.82) is 0 Å². The molecule has 0 saturated carbocycles. The minimum atomic E-state index is 0.0199. The van der Waals surface area contributed by atoms with Gasteiger partial charge < -0.3 is 4.90 Å². The Morgan fingerprint density at radius 2 is 2.00 bits per heavy atom. The first kappa shape index (κ1) is 14.7. The quantitative estimate of drug-likeness (QED) is 0.575. The molecule has 116 valence electrons. The summed E-state index contributed by atoms with van der Waals surface area (Å²) in [6.45, 7) is 2.82. The molecule has 1 amide bonds. The van der Waals surface area contributed by atoms with Crippen molar-refractivity contribution in [1.82, 2.24) is 0 Å². The average molecular weight is 342 g/mol. The number of carbonyl (C=O) groups excluding carboxylic acids is 1. The van der Waals surface area contributed by atoms with Crippen molar-refractivity contribution in [3.05, 3.63) is 63.5 Å². The maximum atomic E-state index is 13.2. The molecule has 1 aromatic heterocycles. The highest BCUT2D eigenvalue weighted by molar-refractivity contribution is 7.21. The van der Waals surface area contributed by atoms with Crippen LogP contribution < -0.4 is 4.90 Å². The highest BCUT2D eigenvalue weighted by atomic mass is 35.5. The molecule has 1 aliphatic heterocycles. The van der Waals surface area contributed by atoms with E-state index in [0.29, 0.717) is 9.90 Å². The van der Waals surface area contributed by atoms with Gasteiger partial charge in [-0.15, -0.1) is 11.3 Å². The summed E-state index contributed by atoms with van der Waals surface area (Å²) in [6.07, 6.45) is 2.02. The van der Waals surface area contributed by atoms with E-state index in [1.165, 1.54) is 16.9 Å². The Kier molecular flexibility index (Phi) is 3.63. The van der Waals surface area contributed by atoms with Crippen molar-refractivity contribution in [2.75, 3.05) is 11.4 Å². The van der Waals surface area contributed by atoms with Crippen LogP contribution in [-0.2, 0) is 6.42 Å². The van der Waals surface area contributed by atoms with Gasteiger partial charge in [0.05, 0.1) is 10.7 Å². The molecule has 0 radical (unpaired) electrons. The van der Waals surface area contributed by atoms with E-state index in [0.717, 1.165) is 40.7 Å². The number of benzene rings is 2. The van der Waals surface area contributed by atoms with Crippen molar-refractivity contribution in [3.8, 4) is 0 Å². The van der Waals surface area contributed by atoms with Gasteiger partial charge in [0.1, 0.15) is 4.88 Å². The van der Waals surface area contributed by atoms with Gasteiger partial charge in [-0.25, -0.2) is 0 Å². The molecule has 0 N–H and O–H groups in total. The van der Waals surface area contributed by atoms with Gasteiger partial charge in [-0.2, -0.15) is 0 Å². The number of hydrogen-bond donors (Lipinski definition) is 0. The molecular formula is C19H16ClNOS. The van der Waals surface area contributed by atoms with Gasteiger partial charge >= 0.3 is 0 Å². The van der Waals surface area contributed by atoms with Crippen LogP contribution in [0, 0.1) is 6.92 Å². The number of fused-ring (bicyclic) bond motifs is 2. The summed E-state index contributed by atoms with van der Waals surface area (Å²) in [5.41, 5.74) is 3.46. The minimum absolute atomic E-state index is 0.0199. The standard InChI is InChI=1S/C19H16ClNOS/c1-12-6-4-7-13-8-5-11-21(17(12)13)19(22)18-16(20)14-9-2-3-10-15(14)23-18/h2-4,6-7,9-10H,5,8,11H2,1H3. The molecule has 4 rings (SSSR count). The Bertz CT molecular complexity index is 915. The molecule has 0 unspecified atom stereocenters. The molecule has 0 saturated heterocycles. The zero-order valence-electron chi connectivity index (χ0n) is 12.8. The number of hydrogen-bond acceptors (Lipinski definition) is 2. The van der Waals surface area contributed by atoms with Crippen molar-refractivity contribution in [2.45, 2.75) is 19.8 Å². The molecule has 4 heteroatoms. The van der Waals surface area contributed by atoms with Gasteiger partial charge in [-0.1, -0.05) is 48.0 Å². The molecule has 0 bridgehead atoms. The van der Waals surface area contributed by atoms with Gasteiger partial charge in [0.25, 0.3) is 5.91 Å². The van der Waals surface area contributed by atoms with Gasteiger partial charge in [0.2, 0.25) is 0 Å². The highest BCUT2D eigenvalue weighted by Gasteiger charge is 2.28. The van der Waals surface area contributed by atoms with E-state index in [1.807, 2.05) is 29.2 Å². The lowest BCUT2D eigenvalue weighted by Crippen LogP contribution is -2.35. The molecule has 3 aromatic rings. The fraction of sp³-hybridized carbons (Fsp3) is 0.211. The Hall–Kier alpha value is -1.84. The first-order chi connectivity index (χ1) is 11.2. The van der Waals surface area contributed by atoms with E-state index in [-0.39, 0.29) is 5.91 Å². The van der Waals surface area contributed by atoms with Gasteiger partial charge in [-0.3, -0.25) is 4.79 Å². The predicted octanol–water partition coefficient (Wildman–Crippen LogP) is 5.46. The number of halogens is 1. The highest BCUT2D eigenvalue weighted by Crippen LogP contribution is 2.38. The van der Waals surface area contributed by atoms with E-state index >= 15 is 0 Å². The average Bonchev–Trinajstić information content (AvgIpc) is 2.91. The van der Waals surface area contributed by atoms with Gasteiger partial charge in [0, 0.05) is 16.6 Å². The molecule has 23 heavy (non-hydrogen) atoms. The molecular weight excluding hydrogens is 326 g/mol. The van der Waals surface area contributed by atoms with Crippen LogP contribution in [0.25, 0.3) is 10.1 Å². The van der Waals surface area contributed by atoms with Crippen LogP contribution in [0.1, 0.15) is 27.2 Å². The van der Waals surface area contributed by atoms with Crippen LogP contribution in [0.4, 0.5) is 5.69 Å². The van der Waals surface area contributed by atoms with E-state index in [1.54, 1.807) is 0 Å². The first-order valence-electron chi connectivity index (χ1n) is 7.74. The zero-order chi connectivity index (χ0) is 16.0. The molecule has 1 aliphatic rings. The number of carbonyl (C=O) groups is 1. The summed E-state index contributed by atoms with van der Waals surface area (Å²) >= 11 is 7.98. The summed E-state index contributed by atoms with van der Waals surface area (Å²) < 4.78 is 1.06. The fourth-order valence-corrected chi connectivity index (χ4v) is 4.79. The van der Waals surface area contributed by atoms with Gasteiger partial charge in [0.15, 0.2) is 0 Å². The van der Waals surface area contributed by atoms with Crippen LogP contribution in [0.3, 0.4) is 0 Å². The summed E-state index contributed by atoms with van der Waals surface area (Å²) in [7, 11) is 0. The maximum Gasteiger partial charge on any atom is 0.269 e. The molecule has 2 heterocycles. The molecule has 0 atom stereocenters. The summed E-state index contributed by atoms with van der Waals surface area (Å²) in [5, 5.41) is 1.54.